The zero-order chi connectivity index (χ0) is 15.2. The first-order valence-corrected chi connectivity index (χ1v) is 7.22. The number of amides is 1. The molecule has 1 saturated heterocycles. The summed E-state index contributed by atoms with van der Waals surface area (Å²) in [6.07, 6.45) is 1.12. The molecule has 1 aliphatic rings. The topological polar surface area (TPSA) is 91.0 Å². The molecule has 4 N–H and O–H groups in total. The minimum atomic E-state index is -0.127. The smallest absolute Gasteiger partial charge is 0.251 e. The molecule has 0 spiro atoms. The number of oxime groups is 1. The number of carbonyl (C=O) groups excluding carboxylic acids is 1. The summed E-state index contributed by atoms with van der Waals surface area (Å²) in [6, 6.07) is 6.76. The van der Waals surface area contributed by atoms with E-state index in [-0.39, 0.29) is 11.7 Å². The fourth-order valence-electron chi connectivity index (χ4n) is 2.58. The lowest BCUT2D eigenvalue weighted by atomic mass is 10.1. The number of likely N-dealkylation sites (tertiary alicyclic amines) is 1. The lowest BCUT2D eigenvalue weighted by Crippen LogP contribution is -2.31. The summed E-state index contributed by atoms with van der Waals surface area (Å²) in [6.45, 7) is 6.05. The van der Waals surface area contributed by atoms with Gasteiger partial charge in [0.05, 0.1) is 0 Å². The standard InChI is InChI=1S/C15H22N4O2/c1-2-19-7-6-11(10-19)9-17-15(20)13-5-3-4-12(8-13)14(16)18-21/h3-5,8,11,21H,2,6-7,9-10H2,1H3,(H2,16,18)(H,17,20). The van der Waals surface area contributed by atoms with Gasteiger partial charge in [0.25, 0.3) is 5.91 Å². The van der Waals surface area contributed by atoms with E-state index in [1.807, 2.05) is 0 Å². The average Bonchev–Trinajstić information content (AvgIpc) is 3.00. The van der Waals surface area contributed by atoms with E-state index >= 15 is 0 Å². The van der Waals surface area contributed by atoms with Gasteiger partial charge >= 0.3 is 0 Å². The van der Waals surface area contributed by atoms with E-state index in [0.29, 0.717) is 23.6 Å². The molecule has 0 bridgehead atoms. The molecule has 1 aromatic rings. The van der Waals surface area contributed by atoms with Crippen molar-refractivity contribution in [1.29, 1.82) is 0 Å². The minimum absolute atomic E-state index is 0.000898. The monoisotopic (exact) mass is 290 g/mol. The zero-order valence-corrected chi connectivity index (χ0v) is 12.2. The van der Waals surface area contributed by atoms with Crippen molar-refractivity contribution in [3.63, 3.8) is 0 Å². The average molecular weight is 290 g/mol. The van der Waals surface area contributed by atoms with Gasteiger partial charge in [-0.25, -0.2) is 0 Å². The Balaban J connectivity index is 1.92. The van der Waals surface area contributed by atoms with Gasteiger partial charge < -0.3 is 21.2 Å². The maximum absolute atomic E-state index is 12.1. The van der Waals surface area contributed by atoms with Crippen LogP contribution in [0.3, 0.4) is 0 Å². The first-order chi connectivity index (χ1) is 10.1. The second kappa shape index (κ2) is 7.08. The Bertz CT molecular complexity index is 530. The van der Waals surface area contributed by atoms with Gasteiger partial charge in [-0.2, -0.15) is 0 Å². The van der Waals surface area contributed by atoms with Crippen LogP contribution in [0.1, 0.15) is 29.3 Å². The fraction of sp³-hybridized carbons (Fsp3) is 0.467. The SMILES string of the molecule is CCN1CCC(CNC(=O)c2cccc(/C(N)=N/O)c2)C1. The molecule has 0 aliphatic carbocycles. The Morgan fingerprint density at radius 3 is 2.95 bits per heavy atom. The van der Waals surface area contributed by atoms with E-state index in [2.05, 4.69) is 22.3 Å². The van der Waals surface area contributed by atoms with Crippen LogP contribution in [-0.4, -0.2) is 48.0 Å². The summed E-state index contributed by atoms with van der Waals surface area (Å²) in [5.41, 5.74) is 6.58. The number of benzene rings is 1. The van der Waals surface area contributed by atoms with Crippen LogP contribution in [0, 0.1) is 5.92 Å². The molecule has 1 atom stereocenters. The Labute approximate surface area is 124 Å². The minimum Gasteiger partial charge on any atom is -0.409 e. The summed E-state index contributed by atoms with van der Waals surface area (Å²) in [5.74, 6) is 0.387. The Morgan fingerprint density at radius 2 is 2.29 bits per heavy atom. The van der Waals surface area contributed by atoms with Crippen LogP contribution in [0.4, 0.5) is 0 Å². The third-order valence-corrected chi connectivity index (χ3v) is 3.90. The normalized spacial score (nSPS) is 19.7. The van der Waals surface area contributed by atoms with Gasteiger partial charge in [-0.1, -0.05) is 24.2 Å². The fourth-order valence-corrected chi connectivity index (χ4v) is 2.58. The molecule has 1 fully saturated rings. The highest BCUT2D eigenvalue weighted by Crippen LogP contribution is 2.14. The molecule has 1 aliphatic heterocycles. The second-order valence-corrected chi connectivity index (χ2v) is 5.32. The molecular weight excluding hydrogens is 268 g/mol. The Kier molecular flexibility index (Phi) is 5.16. The molecule has 1 heterocycles. The van der Waals surface area contributed by atoms with Gasteiger partial charge in [-0.15, -0.1) is 0 Å². The van der Waals surface area contributed by atoms with Gasteiger partial charge in [0, 0.05) is 24.2 Å². The van der Waals surface area contributed by atoms with Crippen LogP contribution >= 0.6 is 0 Å². The van der Waals surface area contributed by atoms with Crippen molar-refractivity contribution in [2.24, 2.45) is 16.8 Å². The molecule has 6 heteroatoms. The lowest BCUT2D eigenvalue weighted by molar-refractivity contribution is 0.0947. The van der Waals surface area contributed by atoms with Crippen molar-refractivity contribution in [1.82, 2.24) is 10.2 Å². The molecule has 2 rings (SSSR count). The van der Waals surface area contributed by atoms with Gasteiger partial charge in [-0.05, 0) is 37.6 Å². The molecule has 21 heavy (non-hydrogen) atoms. The number of rotatable bonds is 5. The second-order valence-electron chi connectivity index (χ2n) is 5.32. The van der Waals surface area contributed by atoms with Crippen molar-refractivity contribution < 1.29 is 10.0 Å². The summed E-state index contributed by atoms with van der Waals surface area (Å²) < 4.78 is 0. The van der Waals surface area contributed by atoms with E-state index in [1.54, 1.807) is 24.3 Å². The number of nitrogens with two attached hydrogens (primary N) is 1. The predicted molar refractivity (Wildman–Crippen MR) is 81.5 cm³/mol. The van der Waals surface area contributed by atoms with E-state index in [1.165, 1.54) is 0 Å². The molecule has 1 unspecified atom stereocenters. The lowest BCUT2D eigenvalue weighted by Gasteiger charge is -2.14. The molecule has 0 aromatic heterocycles. The zero-order valence-electron chi connectivity index (χ0n) is 12.2. The van der Waals surface area contributed by atoms with Crippen molar-refractivity contribution in [2.45, 2.75) is 13.3 Å². The summed E-state index contributed by atoms with van der Waals surface area (Å²) >= 11 is 0. The third-order valence-electron chi connectivity index (χ3n) is 3.90. The maximum Gasteiger partial charge on any atom is 0.251 e. The number of nitrogens with one attached hydrogen (secondary N) is 1. The van der Waals surface area contributed by atoms with Crippen LogP contribution in [0.15, 0.2) is 29.4 Å². The van der Waals surface area contributed by atoms with Crippen LogP contribution in [0.25, 0.3) is 0 Å². The number of hydrogen-bond donors (Lipinski definition) is 3. The van der Waals surface area contributed by atoms with Gasteiger partial charge in [0.15, 0.2) is 5.84 Å². The van der Waals surface area contributed by atoms with E-state index < -0.39 is 0 Å². The summed E-state index contributed by atoms with van der Waals surface area (Å²) in [5, 5.41) is 14.6. The van der Waals surface area contributed by atoms with Crippen LogP contribution in [0.5, 0.6) is 0 Å². The number of carbonyl (C=O) groups is 1. The largest absolute Gasteiger partial charge is 0.409 e. The summed E-state index contributed by atoms with van der Waals surface area (Å²) in [4.78, 5) is 14.5. The van der Waals surface area contributed by atoms with Crippen molar-refractivity contribution in [3.8, 4) is 0 Å². The molecule has 114 valence electrons. The molecular formula is C15H22N4O2. The van der Waals surface area contributed by atoms with Crippen molar-refractivity contribution in [2.75, 3.05) is 26.2 Å². The van der Waals surface area contributed by atoms with E-state index in [9.17, 15) is 4.79 Å². The quantitative estimate of drug-likeness (QED) is 0.324. The Morgan fingerprint density at radius 1 is 1.52 bits per heavy atom. The predicted octanol–water partition coefficient (Wildman–Crippen LogP) is 0.853. The third kappa shape index (κ3) is 3.95. The van der Waals surface area contributed by atoms with Crippen LogP contribution in [-0.2, 0) is 0 Å². The molecule has 6 nitrogen and oxygen atoms in total. The highest BCUT2D eigenvalue weighted by Gasteiger charge is 2.21. The highest BCUT2D eigenvalue weighted by atomic mass is 16.4. The van der Waals surface area contributed by atoms with Gasteiger partial charge in [-0.3, -0.25) is 4.79 Å². The Hall–Kier alpha value is -2.08. The van der Waals surface area contributed by atoms with Crippen LogP contribution < -0.4 is 11.1 Å². The van der Waals surface area contributed by atoms with E-state index in [4.69, 9.17) is 10.9 Å². The van der Waals surface area contributed by atoms with Crippen molar-refractivity contribution >= 4 is 11.7 Å². The van der Waals surface area contributed by atoms with Crippen LogP contribution in [0.2, 0.25) is 0 Å². The number of amidine groups is 1. The molecule has 0 saturated carbocycles. The molecule has 1 amide bonds. The van der Waals surface area contributed by atoms with Gasteiger partial charge in [0.2, 0.25) is 0 Å². The first-order valence-electron chi connectivity index (χ1n) is 7.22. The van der Waals surface area contributed by atoms with Gasteiger partial charge in [0.1, 0.15) is 0 Å². The number of nitrogens with zero attached hydrogens (tertiary/aromatic N) is 2. The van der Waals surface area contributed by atoms with Crippen molar-refractivity contribution in [3.05, 3.63) is 35.4 Å². The summed E-state index contributed by atoms with van der Waals surface area (Å²) in [7, 11) is 0. The maximum atomic E-state index is 12.1. The first kappa shape index (κ1) is 15.3. The molecule has 0 radical (unpaired) electrons. The highest BCUT2D eigenvalue weighted by molar-refractivity contribution is 6.01. The molecule has 1 aromatic carbocycles. The number of hydrogen-bond acceptors (Lipinski definition) is 4. The van der Waals surface area contributed by atoms with E-state index in [0.717, 1.165) is 26.1 Å².